The second-order valence-electron chi connectivity index (χ2n) is 3.90. The highest BCUT2D eigenvalue weighted by molar-refractivity contribution is 5.83. The number of hydrogen-bond acceptors (Lipinski definition) is 3. The summed E-state index contributed by atoms with van der Waals surface area (Å²) in [6, 6.07) is -0.832. The van der Waals surface area contributed by atoms with Crippen molar-refractivity contribution in [1.82, 2.24) is 5.32 Å². The van der Waals surface area contributed by atoms with Crippen LogP contribution in [0.4, 0.5) is 0 Å². The molecule has 0 bridgehead atoms. The van der Waals surface area contributed by atoms with Gasteiger partial charge >= 0.3 is 5.97 Å². The molecule has 0 unspecified atom stereocenters. The van der Waals surface area contributed by atoms with Gasteiger partial charge in [-0.15, -0.1) is 0 Å². The molecule has 1 aliphatic carbocycles. The van der Waals surface area contributed by atoms with E-state index in [0.717, 1.165) is 6.61 Å². The molecule has 1 atom stereocenters. The summed E-state index contributed by atoms with van der Waals surface area (Å²) in [4.78, 5) is 21.6. The van der Waals surface area contributed by atoms with Crippen molar-refractivity contribution in [3.63, 3.8) is 0 Å². The molecule has 2 N–H and O–H groups in total. The Bertz CT molecular complexity index is 238. The SMILES string of the molecule is C[C@H](NC(=O)CCOCC1CC1)C(=O)O. The van der Waals surface area contributed by atoms with Crippen molar-refractivity contribution in [3.8, 4) is 0 Å². The summed E-state index contributed by atoms with van der Waals surface area (Å²) < 4.78 is 5.26. The van der Waals surface area contributed by atoms with E-state index in [-0.39, 0.29) is 12.3 Å². The lowest BCUT2D eigenvalue weighted by molar-refractivity contribution is -0.141. The highest BCUT2D eigenvalue weighted by Crippen LogP contribution is 2.28. The van der Waals surface area contributed by atoms with Crippen molar-refractivity contribution < 1.29 is 19.4 Å². The fraction of sp³-hybridized carbons (Fsp3) is 0.800. The molecule has 0 spiro atoms. The zero-order valence-electron chi connectivity index (χ0n) is 8.86. The molecule has 0 aromatic carbocycles. The second-order valence-corrected chi connectivity index (χ2v) is 3.90. The van der Waals surface area contributed by atoms with E-state index < -0.39 is 12.0 Å². The first-order valence-electron chi connectivity index (χ1n) is 5.19. The van der Waals surface area contributed by atoms with E-state index in [1.807, 2.05) is 0 Å². The molecule has 0 saturated heterocycles. The van der Waals surface area contributed by atoms with Crippen LogP contribution in [0.1, 0.15) is 26.2 Å². The molecule has 5 heteroatoms. The average molecular weight is 215 g/mol. The fourth-order valence-electron chi connectivity index (χ4n) is 1.07. The summed E-state index contributed by atoms with van der Waals surface area (Å²) >= 11 is 0. The van der Waals surface area contributed by atoms with Gasteiger partial charge in [0.2, 0.25) is 5.91 Å². The minimum Gasteiger partial charge on any atom is -0.480 e. The maximum absolute atomic E-state index is 11.2. The molecule has 1 rings (SSSR count). The Morgan fingerprint density at radius 2 is 2.20 bits per heavy atom. The minimum atomic E-state index is -1.03. The van der Waals surface area contributed by atoms with E-state index >= 15 is 0 Å². The van der Waals surface area contributed by atoms with Gasteiger partial charge in [0.25, 0.3) is 0 Å². The molecular weight excluding hydrogens is 198 g/mol. The number of ether oxygens (including phenoxy) is 1. The number of nitrogens with one attached hydrogen (secondary N) is 1. The van der Waals surface area contributed by atoms with Crippen molar-refractivity contribution in [1.29, 1.82) is 0 Å². The van der Waals surface area contributed by atoms with Crippen molar-refractivity contribution in [2.24, 2.45) is 5.92 Å². The number of aliphatic carboxylic acids is 1. The van der Waals surface area contributed by atoms with Gasteiger partial charge in [-0.05, 0) is 25.7 Å². The largest absolute Gasteiger partial charge is 0.480 e. The van der Waals surface area contributed by atoms with Crippen LogP contribution in [0.2, 0.25) is 0 Å². The maximum Gasteiger partial charge on any atom is 0.325 e. The van der Waals surface area contributed by atoms with E-state index in [9.17, 15) is 9.59 Å². The molecule has 5 nitrogen and oxygen atoms in total. The number of rotatable bonds is 7. The van der Waals surface area contributed by atoms with Crippen molar-refractivity contribution in [2.75, 3.05) is 13.2 Å². The number of carboxylic acid groups (broad SMARTS) is 1. The summed E-state index contributed by atoms with van der Waals surface area (Å²) in [7, 11) is 0. The first kappa shape index (κ1) is 12.0. The van der Waals surface area contributed by atoms with Gasteiger partial charge in [0.1, 0.15) is 6.04 Å². The lowest BCUT2D eigenvalue weighted by atomic mass is 10.3. The third kappa shape index (κ3) is 5.37. The predicted molar refractivity (Wildman–Crippen MR) is 53.4 cm³/mol. The number of hydrogen-bond donors (Lipinski definition) is 2. The van der Waals surface area contributed by atoms with Crippen molar-refractivity contribution >= 4 is 11.9 Å². The van der Waals surface area contributed by atoms with Crippen LogP contribution in [-0.2, 0) is 14.3 Å². The highest BCUT2D eigenvalue weighted by Gasteiger charge is 2.21. The van der Waals surface area contributed by atoms with E-state index in [1.54, 1.807) is 0 Å². The van der Waals surface area contributed by atoms with Crippen LogP contribution in [0.3, 0.4) is 0 Å². The van der Waals surface area contributed by atoms with E-state index in [1.165, 1.54) is 19.8 Å². The standard InChI is InChI=1S/C10H17NO4/c1-7(10(13)14)11-9(12)4-5-15-6-8-2-3-8/h7-8H,2-6H2,1H3,(H,11,12)(H,13,14)/t7-/m0/s1. The van der Waals surface area contributed by atoms with Gasteiger partial charge in [0.15, 0.2) is 0 Å². The lowest BCUT2D eigenvalue weighted by Crippen LogP contribution is -2.38. The summed E-state index contributed by atoms with van der Waals surface area (Å²) in [5, 5.41) is 10.9. The Morgan fingerprint density at radius 3 is 2.73 bits per heavy atom. The number of carboxylic acids is 1. The van der Waals surface area contributed by atoms with Crippen LogP contribution in [0.15, 0.2) is 0 Å². The van der Waals surface area contributed by atoms with Crippen LogP contribution in [0.25, 0.3) is 0 Å². The minimum absolute atomic E-state index is 0.227. The van der Waals surface area contributed by atoms with Crippen molar-refractivity contribution in [3.05, 3.63) is 0 Å². The topological polar surface area (TPSA) is 75.6 Å². The zero-order valence-corrected chi connectivity index (χ0v) is 8.86. The molecule has 1 fully saturated rings. The molecule has 1 saturated carbocycles. The summed E-state index contributed by atoms with van der Waals surface area (Å²) in [5.41, 5.74) is 0. The van der Waals surface area contributed by atoms with Crippen LogP contribution in [0, 0.1) is 5.92 Å². The van der Waals surface area contributed by atoms with Gasteiger partial charge in [0.05, 0.1) is 6.61 Å². The molecule has 1 amide bonds. The fourth-order valence-corrected chi connectivity index (χ4v) is 1.07. The maximum atomic E-state index is 11.2. The molecule has 1 aliphatic rings. The Balaban J connectivity index is 1.99. The lowest BCUT2D eigenvalue weighted by Gasteiger charge is -2.09. The third-order valence-corrected chi connectivity index (χ3v) is 2.27. The third-order valence-electron chi connectivity index (χ3n) is 2.27. The predicted octanol–water partition coefficient (Wildman–Crippen LogP) is 0.392. The molecule has 15 heavy (non-hydrogen) atoms. The molecule has 0 aromatic rings. The number of carbonyl (C=O) groups is 2. The molecule has 86 valence electrons. The first-order chi connectivity index (χ1) is 7.09. The normalized spacial score (nSPS) is 17.1. The van der Waals surface area contributed by atoms with E-state index in [0.29, 0.717) is 12.5 Å². The van der Waals surface area contributed by atoms with Gasteiger partial charge in [-0.2, -0.15) is 0 Å². The highest BCUT2D eigenvalue weighted by atomic mass is 16.5. The smallest absolute Gasteiger partial charge is 0.325 e. The van der Waals surface area contributed by atoms with Crippen LogP contribution < -0.4 is 5.32 Å². The summed E-state index contributed by atoms with van der Waals surface area (Å²) in [6.07, 6.45) is 2.68. The Kier molecular flexibility index (Phi) is 4.55. The Labute approximate surface area is 88.8 Å². The Hall–Kier alpha value is -1.10. The van der Waals surface area contributed by atoms with Crippen molar-refractivity contribution in [2.45, 2.75) is 32.2 Å². The second kappa shape index (κ2) is 5.70. The molecule has 0 aromatic heterocycles. The average Bonchev–Trinajstić information content (AvgIpc) is 2.95. The number of amides is 1. The van der Waals surface area contributed by atoms with Gasteiger partial charge in [0, 0.05) is 13.0 Å². The molecule has 0 radical (unpaired) electrons. The first-order valence-corrected chi connectivity index (χ1v) is 5.19. The molecule has 0 aliphatic heterocycles. The van der Waals surface area contributed by atoms with Crippen LogP contribution >= 0.6 is 0 Å². The Morgan fingerprint density at radius 1 is 1.53 bits per heavy atom. The van der Waals surface area contributed by atoms with Crippen LogP contribution in [0.5, 0.6) is 0 Å². The summed E-state index contributed by atoms with van der Waals surface area (Å²) in [6.45, 7) is 2.53. The van der Waals surface area contributed by atoms with Crippen LogP contribution in [-0.4, -0.2) is 36.2 Å². The van der Waals surface area contributed by atoms with Gasteiger partial charge < -0.3 is 15.2 Å². The van der Waals surface area contributed by atoms with E-state index in [4.69, 9.17) is 9.84 Å². The quantitative estimate of drug-likeness (QED) is 0.602. The molecule has 0 heterocycles. The summed E-state index contributed by atoms with van der Waals surface area (Å²) in [5.74, 6) is -0.617. The van der Waals surface area contributed by atoms with E-state index in [2.05, 4.69) is 5.32 Å². The van der Waals surface area contributed by atoms with Gasteiger partial charge in [-0.1, -0.05) is 0 Å². The zero-order chi connectivity index (χ0) is 11.3. The molecular formula is C10H17NO4. The van der Waals surface area contributed by atoms with Gasteiger partial charge in [-0.3, -0.25) is 9.59 Å². The number of carbonyl (C=O) groups excluding carboxylic acids is 1. The van der Waals surface area contributed by atoms with Gasteiger partial charge in [-0.25, -0.2) is 0 Å². The monoisotopic (exact) mass is 215 g/mol.